The first-order valence-electron chi connectivity index (χ1n) is 12.3. The zero-order chi connectivity index (χ0) is 22.7. The summed E-state index contributed by atoms with van der Waals surface area (Å²) in [6.07, 6.45) is 2.02. The van der Waals surface area contributed by atoms with Crippen molar-refractivity contribution in [2.75, 3.05) is 0 Å². The molecule has 0 bridgehead atoms. The molecule has 2 aliphatic carbocycles. The van der Waals surface area contributed by atoms with Gasteiger partial charge in [-0.1, -0.05) is 78.9 Å². The molecule has 0 N–H and O–H groups in total. The molecule has 0 amide bonds. The Hall–Kier alpha value is -4.43. The van der Waals surface area contributed by atoms with Crippen molar-refractivity contribution in [3.63, 3.8) is 0 Å². The van der Waals surface area contributed by atoms with Gasteiger partial charge in [0, 0.05) is 10.8 Å². The van der Waals surface area contributed by atoms with Crippen LogP contribution < -0.4 is 0 Å². The summed E-state index contributed by atoms with van der Waals surface area (Å²) in [5, 5.41) is 3.74. The van der Waals surface area contributed by atoms with Crippen molar-refractivity contribution in [1.29, 1.82) is 0 Å². The topological polar surface area (TPSA) is 17.3 Å². The lowest BCUT2D eigenvalue weighted by atomic mass is 9.95. The van der Waals surface area contributed by atoms with E-state index in [1.165, 1.54) is 71.7 Å². The molecule has 0 radical (unpaired) electrons. The molecule has 5 aromatic carbocycles. The minimum Gasteiger partial charge on any atom is -0.292 e. The molecule has 2 heteroatoms. The Morgan fingerprint density at radius 1 is 0.543 bits per heavy atom. The third kappa shape index (κ3) is 2.18. The lowest BCUT2D eigenvalue weighted by molar-refractivity contribution is 1.23. The maximum absolute atomic E-state index is 5.21. The number of fused-ring (bicyclic) bond motifs is 15. The highest BCUT2D eigenvalue weighted by Gasteiger charge is 2.29. The SMILES string of the molecule is c1ccc2c(c1)Cc1ccc3c(c1-2)Cc1cc2nc4c5ccccc5c5ccccc5n4c2cc1-3. The minimum absolute atomic E-state index is 0.980. The van der Waals surface area contributed by atoms with Crippen LogP contribution in [0.4, 0.5) is 0 Å². The summed E-state index contributed by atoms with van der Waals surface area (Å²) in [6, 6.07) is 35.7. The lowest BCUT2D eigenvalue weighted by Crippen LogP contribution is -1.91. The number of benzene rings is 5. The van der Waals surface area contributed by atoms with Crippen molar-refractivity contribution in [3.05, 3.63) is 119 Å². The second-order valence-corrected chi connectivity index (χ2v) is 9.97. The van der Waals surface area contributed by atoms with Gasteiger partial charge in [0.15, 0.2) is 0 Å². The van der Waals surface area contributed by atoms with Crippen molar-refractivity contribution in [2.45, 2.75) is 12.8 Å². The zero-order valence-corrected chi connectivity index (χ0v) is 19.0. The Balaban J connectivity index is 1.38. The molecular formula is C33H20N2. The van der Waals surface area contributed by atoms with Gasteiger partial charge in [-0.15, -0.1) is 0 Å². The molecule has 0 saturated carbocycles. The summed E-state index contributed by atoms with van der Waals surface area (Å²) < 4.78 is 2.37. The monoisotopic (exact) mass is 444 g/mol. The first-order chi connectivity index (χ1) is 17.3. The summed E-state index contributed by atoms with van der Waals surface area (Å²) in [4.78, 5) is 5.21. The van der Waals surface area contributed by atoms with Gasteiger partial charge in [-0.2, -0.15) is 0 Å². The van der Waals surface area contributed by atoms with Gasteiger partial charge >= 0.3 is 0 Å². The normalized spacial score (nSPS) is 13.5. The van der Waals surface area contributed by atoms with E-state index in [1.54, 1.807) is 0 Å². The Kier molecular flexibility index (Phi) is 3.16. The summed E-state index contributed by atoms with van der Waals surface area (Å²) in [7, 11) is 0. The Morgan fingerprint density at radius 2 is 1.34 bits per heavy atom. The highest BCUT2D eigenvalue weighted by molar-refractivity contribution is 6.14. The van der Waals surface area contributed by atoms with Crippen LogP contribution in [-0.2, 0) is 12.8 Å². The number of imidazole rings is 1. The van der Waals surface area contributed by atoms with E-state index in [0.29, 0.717) is 0 Å². The third-order valence-electron chi connectivity index (χ3n) is 8.21. The minimum atomic E-state index is 0.980. The molecule has 0 spiro atoms. The number of hydrogen-bond acceptors (Lipinski definition) is 1. The maximum atomic E-state index is 5.21. The summed E-state index contributed by atoms with van der Waals surface area (Å²) in [5.41, 5.74) is 15.9. The van der Waals surface area contributed by atoms with Crippen molar-refractivity contribution >= 4 is 38.4 Å². The molecule has 9 rings (SSSR count). The van der Waals surface area contributed by atoms with Gasteiger partial charge in [-0.05, 0) is 80.9 Å². The molecular weight excluding hydrogens is 424 g/mol. The van der Waals surface area contributed by atoms with Crippen molar-refractivity contribution in [1.82, 2.24) is 9.38 Å². The average molecular weight is 445 g/mol. The van der Waals surface area contributed by atoms with Crippen LogP contribution in [0.5, 0.6) is 0 Å². The molecule has 7 aromatic rings. The predicted molar refractivity (Wildman–Crippen MR) is 144 cm³/mol. The number of pyridine rings is 1. The number of para-hydroxylation sites is 1. The maximum Gasteiger partial charge on any atom is 0.146 e. The van der Waals surface area contributed by atoms with E-state index in [-0.39, 0.29) is 0 Å². The second kappa shape index (κ2) is 6.17. The number of nitrogens with zero attached hydrogens (tertiary/aromatic N) is 2. The van der Waals surface area contributed by atoms with E-state index >= 15 is 0 Å². The van der Waals surface area contributed by atoms with Crippen LogP contribution in [0.3, 0.4) is 0 Å². The molecule has 162 valence electrons. The third-order valence-corrected chi connectivity index (χ3v) is 8.21. The summed E-state index contributed by atoms with van der Waals surface area (Å²) in [5.74, 6) is 0. The molecule has 2 heterocycles. The smallest absolute Gasteiger partial charge is 0.146 e. The van der Waals surface area contributed by atoms with Gasteiger partial charge in [-0.3, -0.25) is 4.40 Å². The molecule has 0 unspecified atom stereocenters. The van der Waals surface area contributed by atoms with Crippen LogP contribution in [0.1, 0.15) is 22.3 Å². The first kappa shape index (κ1) is 18.0. The quantitative estimate of drug-likeness (QED) is 0.217. The largest absolute Gasteiger partial charge is 0.292 e. The Morgan fingerprint density at radius 3 is 2.29 bits per heavy atom. The fourth-order valence-corrected chi connectivity index (χ4v) is 6.73. The molecule has 2 nitrogen and oxygen atoms in total. The van der Waals surface area contributed by atoms with E-state index in [4.69, 9.17) is 4.98 Å². The van der Waals surface area contributed by atoms with Crippen molar-refractivity contribution in [2.24, 2.45) is 0 Å². The van der Waals surface area contributed by atoms with E-state index < -0.39 is 0 Å². The van der Waals surface area contributed by atoms with Gasteiger partial charge in [0.05, 0.1) is 16.6 Å². The van der Waals surface area contributed by atoms with E-state index in [9.17, 15) is 0 Å². The fraction of sp³-hybridized carbons (Fsp3) is 0.0606. The number of aromatic nitrogens is 2. The van der Waals surface area contributed by atoms with E-state index in [1.807, 2.05) is 0 Å². The number of rotatable bonds is 0. The fourth-order valence-electron chi connectivity index (χ4n) is 6.73. The molecule has 2 aromatic heterocycles. The van der Waals surface area contributed by atoms with Crippen LogP contribution in [0.15, 0.2) is 97.1 Å². The zero-order valence-electron chi connectivity index (χ0n) is 19.0. The molecule has 2 aliphatic rings. The van der Waals surface area contributed by atoms with Crippen LogP contribution in [0, 0.1) is 0 Å². The van der Waals surface area contributed by atoms with Gasteiger partial charge in [0.1, 0.15) is 5.65 Å². The van der Waals surface area contributed by atoms with Gasteiger partial charge in [-0.25, -0.2) is 4.98 Å². The van der Waals surface area contributed by atoms with E-state index in [0.717, 1.165) is 24.0 Å². The molecule has 0 fully saturated rings. The summed E-state index contributed by atoms with van der Waals surface area (Å²) in [6.45, 7) is 0. The van der Waals surface area contributed by atoms with Crippen LogP contribution in [-0.4, -0.2) is 9.38 Å². The summed E-state index contributed by atoms with van der Waals surface area (Å²) >= 11 is 0. The predicted octanol–water partition coefficient (Wildman–Crippen LogP) is 7.94. The molecule has 0 atom stereocenters. The Labute approximate surface area is 202 Å². The Bertz CT molecular complexity index is 2060. The van der Waals surface area contributed by atoms with E-state index in [2.05, 4.69) is 101 Å². The molecule has 0 saturated heterocycles. The standard InChI is InChI=1S/C33H20N2/c1-2-8-22-19(7-1)15-20-13-14-24-27-18-31-29(17-21(27)16-28(24)32(20)22)34-33-26-11-4-3-9-23(26)25-10-5-6-12-30(25)35(31)33/h1-14,17-18H,15-16H2. The highest BCUT2D eigenvalue weighted by atomic mass is 15.0. The van der Waals surface area contributed by atoms with Gasteiger partial charge in [0.2, 0.25) is 0 Å². The van der Waals surface area contributed by atoms with Gasteiger partial charge in [0.25, 0.3) is 0 Å². The van der Waals surface area contributed by atoms with Gasteiger partial charge < -0.3 is 0 Å². The number of hydrogen-bond donors (Lipinski definition) is 0. The average Bonchev–Trinajstić information content (AvgIpc) is 3.58. The van der Waals surface area contributed by atoms with Crippen LogP contribution in [0.2, 0.25) is 0 Å². The first-order valence-corrected chi connectivity index (χ1v) is 12.3. The lowest BCUT2D eigenvalue weighted by Gasteiger charge is -2.10. The highest BCUT2D eigenvalue weighted by Crippen LogP contribution is 2.48. The van der Waals surface area contributed by atoms with Crippen molar-refractivity contribution in [3.8, 4) is 22.3 Å². The van der Waals surface area contributed by atoms with Crippen molar-refractivity contribution < 1.29 is 0 Å². The van der Waals surface area contributed by atoms with Crippen LogP contribution in [0.25, 0.3) is 60.6 Å². The second-order valence-electron chi connectivity index (χ2n) is 9.97. The molecule has 0 aliphatic heterocycles. The van der Waals surface area contributed by atoms with Crippen LogP contribution >= 0.6 is 0 Å². The molecule has 35 heavy (non-hydrogen) atoms.